The van der Waals surface area contributed by atoms with Crippen LogP contribution in [0.1, 0.15) is 19.4 Å². The minimum Gasteiger partial charge on any atom is -0.377 e. The summed E-state index contributed by atoms with van der Waals surface area (Å²) in [6.07, 6.45) is 0. The molecule has 1 saturated heterocycles. The largest absolute Gasteiger partial charge is 0.377 e. The number of hydrogen-bond acceptors (Lipinski definition) is 2. The van der Waals surface area contributed by atoms with Gasteiger partial charge in [0.1, 0.15) is 0 Å². The average Bonchev–Trinajstić information content (AvgIpc) is 2.29. The lowest BCUT2D eigenvalue weighted by Crippen LogP contribution is -2.53. The first-order valence-corrected chi connectivity index (χ1v) is 7.24. The Labute approximate surface area is 116 Å². The van der Waals surface area contributed by atoms with E-state index in [-0.39, 0.29) is 5.54 Å². The maximum atomic E-state index is 6.04. The van der Waals surface area contributed by atoms with Crippen LogP contribution in [0.5, 0.6) is 0 Å². The molecule has 0 spiro atoms. The minimum absolute atomic E-state index is 0.0308. The van der Waals surface area contributed by atoms with Gasteiger partial charge in [-0.15, -0.1) is 0 Å². The molecule has 1 fully saturated rings. The Hall–Kier alpha value is -0.250. The van der Waals surface area contributed by atoms with Gasteiger partial charge in [0, 0.05) is 22.6 Å². The third kappa shape index (κ3) is 2.78. The second-order valence-electron chi connectivity index (χ2n) is 4.92. The van der Waals surface area contributed by atoms with Gasteiger partial charge in [-0.25, -0.2) is 0 Å². The first-order chi connectivity index (χ1) is 8.04. The summed E-state index contributed by atoms with van der Waals surface area (Å²) in [5, 5.41) is 1.60. The van der Waals surface area contributed by atoms with Crippen LogP contribution in [-0.4, -0.2) is 25.3 Å². The molecule has 0 aliphatic carbocycles. The molecule has 4 heteroatoms. The number of benzene rings is 1. The monoisotopic (exact) mass is 317 g/mol. The molecule has 0 atom stereocenters. The van der Waals surface area contributed by atoms with Gasteiger partial charge in [0.25, 0.3) is 0 Å². The summed E-state index contributed by atoms with van der Waals surface area (Å²) >= 11 is 9.57. The Kier molecular flexibility index (Phi) is 4.01. The number of nitrogens with zero attached hydrogens (tertiary/aromatic N) is 1. The molecule has 1 aromatic rings. The van der Waals surface area contributed by atoms with E-state index < -0.39 is 0 Å². The molecule has 0 saturated carbocycles. The van der Waals surface area contributed by atoms with Crippen molar-refractivity contribution in [2.24, 2.45) is 0 Å². The quantitative estimate of drug-likeness (QED) is 0.768. The summed E-state index contributed by atoms with van der Waals surface area (Å²) in [6, 6.07) is 6.08. The number of hydrogen-bond donors (Lipinski definition) is 0. The Morgan fingerprint density at radius 1 is 1.47 bits per heavy atom. The highest BCUT2D eigenvalue weighted by molar-refractivity contribution is 9.08. The van der Waals surface area contributed by atoms with Gasteiger partial charge in [-0.2, -0.15) is 0 Å². The predicted molar refractivity (Wildman–Crippen MR) is 76.3 cm³/mol. The van der Waals surface area contributed by atoms with Gasteiger partial charge in [0.15, 0.2) is 0 Å². The van der Waals surface area contributed by atoms with E-state index >= 15 is 0 Å². The van der Waals surface area contributed by atoms with Crippen molar-refractivity contribution in [1.82, 2.24) is 0 Å². The SMILES string of the molecule is CC1(C)COCCN1c1ccc(Cl)cc1CBr. The minimum atomic E-state index is 0.0308. The van der Waals surface area contributed by atoms with Gasteiger partial charge >= 0.3 is 0 Å². The molecular weight excluding hydrogens is 302 g/mol. The zero-order chi connectivity index (χ0) is 12.5. The zero-order valence-corrected chi connectivity index (χ0v) is 12.5. The first-order valence-electron chi connectivity index (χ1n) is 5.74. The molecule has 17 heavy (non-hydrogen) atoms. The number of ether oxygens (including phenoxy) is 1. The third-order valence-corrected chi connectivity index (χ3v) is 3.96. The molecule has 0 aromatic heterocycles. The van der Waals surface area contributed by atoms with E-state index in [9.17, 15) is 0 Å². The molecule has 94 valence electrons. The maximum Gasteiger partial charge on any atom is 0.0694 e. The van der Waals surface area contributed by atoms with E-state index in [2.05, 4.69) is 40.7 Å². The Morgan fingerprint density at radius 2 is 2.24 bits per heavy atom. The predicted octanol–water partition coefficient (Wildman–Crippen LogP) is 3.85. The van der Waals surface area contributed by atoms with E-state index in [1.165, 1.54) is 11.3 Å². The van der Waals surface area contributed by atoms with Crippen molar-refractivity contribution in [1.29, 1.82) is 0 Å². The summed E-state index contributed by atoms with van der Waals surface area (Å²) in [4.78, 5) is 2.41. The molecule has 0 radical (unpaired) electrons. The molecule has 1 aromatic carbocycles. The van der Waals surface area contributed by atoms with Gasteiger partial charge in [-0.3, -0.25) is 0 Å². The van der Waals surface area contributed by atoms with Crippen molar-refractivity contribution < 1.29 is 4.74 Å². The summed E-state index contributed by atoms with van der Waals surface area (Å²) in [6.45, 7) is 6.89. The summed E-state index contributed by atoms with van der Waals surface area (Å²) in [5.41, 5.74) is 2.51. The molecular formula is C13H17BrClNO. The standard InChI is InChI=1S/C13H17BrClNO/c1-13(2)9-17-6-5-16(13)12-4-3-11(15)7-10(12)8-14/h3-4,7H,5-6,8-9H2,1-2H3. The van der Waals surface area contributed by atoms with Crippen molar-refractivity contribution in [2.45, 2.75) is 24.7 Å². The lowest BCUT2D eigenvalue weighted by molar-refractivity contribution is 0.0643. The highest BCUT2D eigenvalue weighted by atomic mass is 79.9. The molecule has 2 nitrogen and oxygen atoms in total. The van der Waals surface area contributed by atoms with Crippen LogP contribution in [0.4, 0.5) is 5.69 Å². The highest BCUT2D eigenvalue weighted by Crippen LogP contribution is 2.32. The lowest BCUT2D eigenvalue weighted by Gasteiger charge is -2.44. The van der Waals surface area contributed by atoms with Gasteiger partial charge in [0.05, 0.1) is 18.8 Å². The number of alkyl halides is 1. The van der Waals surface area contributed by atoms with Crippen molar-refractivity contribution in [3.8, 4) is 0 Å². The van der Waals surface area contributed by atoms with Crippen molar-refractivity contribution in [2.75, 3.05) is 24.7 Å². The molecule has 2 rings (SSSR count). The Morgan fingerprint density at radius 3 is 2.88 bits per heavy atom. The van der Waals surface area contributed by atoms with E-state index in [0.29, 0.717) is 0 Å². The molecule has 0 amide bonds. The molecule has 0 bridgehead atoms. The van der Waals surface area contributed by atoms with Crippen LogP contribution in [0.3, 0.4) is 0 Å². The summed E-state index contributed by atoms with van der Waals surface area (Å²) in [7, 11) is 0. The summed E-state index contributed by atoms with van der Waals surface area (Å²) in [5.74, 6) is 0. The molecule has 0 N–H and O–H groups in total. The van der Waals surface area contributed by atoms with Crippen molar-refractivity contribution in [3.63, 3.8) is 0 Å². The van der Waals surface area contributed by atoms with Gasteiger partial charge < -0.3 is 9.64 Å². The maximum absolute atomic E-state index is 6.04. The van der Waals surface area contributed by atoms with Crippen molar-refractivity contribution in [3.05, 3.63) is 28.8 Å². The topological polar surface area (TPSA) is 12.5 Å². The van der Waals surface area contributed by atoms with Gasteiger partial charge in [0.2, 0.25) is 0 Å². The number of rotatable bonds is 2. The Balaban J connectivity index is 2.38. The van der Waals surface area contributed by atoms with Crippen LogP contribution in [0.2, 0.25) is 5.02 Å². The number of halogens is 2. The first kappa shape index (κ1) is 13.2. The molecule has 1 aliphatic rings. The van der Waals surface area contributed by atoms with Crippen LogP contribution in [0, 0.1) is 0 Å². The highest BCUT2D eigenvalue weighted by Gasteiger charge is 2.31. The second kappa shape index (κ2) is 5.17. The fourth-order valence-electron chi connectivity index (χ4n) is 2.23. The smallest absolute Gasteiger partial charge is 0.0694 e. The van der Waals surface area contributed by atoms with Crippen LogP contribution in [0.25, 0.3) is 0 Å². The average molecular weight is 319 g/mol. The van der Waals surface area contributed by atoms with Gasteiger partial charge in [-0.1, -0.05) is 27.5 Å². The molecule has 1 heterocycles. The van der Waals surface area contributed by atoms with Crippen molar-refractivity contribution >= 4 is 33.2 Å². The number of morpholine rings is 1. The van der Waals surface area contributed by atoms with E-state index in [0.717, 1.165) is 30.1 Å². The number of anilines is 1. The van der Waals surface area contributed by atoms with Crippen LogP contribution < -0.4 is 4.90 Å². The fourth-order valence-corrected chi connectivity index (χ4v) is 2.87. The van der Waals surface area contributed by atoms with Gasteiger partial charge in [-0.05, 0) is 37.6 Å². The second-order valence-corrected chi connectivity index (χ2v) is 5.92. The Bertz CT molecular complexity index is 408. The summed E-state index contributed by atoms with van der Waals surface area (Å²) < 4.78 is 5.55. The fraction of sp³-hybridized carbons (Fsp3) is 0.538. The zero-order valence-electron chi connectivity index (χ0n) is 10.2. The van der Waals surface area contributed by atoms with Crippen LogP contribution in [0.15, 0.2) is 18.2 Å². The van der Waals surface area contributed by atoms with E-state index in [4.69, 9.17) is 16.3 Å². The van der Waals surface area contributed by atoms with E-state index in [1.54, 1.807) is 0 Å². The molecule has 1 aliphatic heterocycles. The van der Waals surface area contributed by atoms with Crippen LogP contribution in [-0.2, 0) is 10.1 Å². The lowest BCUT2D eigenvalue weighted by atomic mass is 10.00. The van der Waals surface area contributed by atoms with Crippen LogP contribution >= 0.6 is 27.5 Å². The van der Waals surface area contributed by atoms with E-state index in [1.807, 2.05) is 12.1 Å². The molecule has 0 unspecified atom stereocenters. The normalized spacial score (nSPS) is 19.4. The third-order valence-electron chi connectivity index (χ3n) is 3.12.